The average Bonchev–Trinajstić information content (AvgIpc) is 3.31. The van der Waals surface area contributed by atoms with Crippen molar-refractivity contribution in [2.45, 2.75) is 20.4 Å². The number of amides is 1. The molecule has 0 atom stereocenters. The second kappa shape index (κ2) is 8.30. The highest BCUT2D eigenvalue weighted by molar-refractivity contribution is 6.04. The molecule has 0 fully saturated rings. The Kier molecular flexibility index (Phi) is 5.37. The van der Waals surface area contributed by atoms with Crippen LogP contribution in [0.4, 0.5) is 11.4 Å². The summed E-state index contributed by atoms with van der Waals surface area (Å²) in [7, 11) is 0. The molecule has 2 aromatic heterocycles. The Balaban J connectivity index is 1.47. The van der Waals surface area contributed by atoms with E-state index >= 15 is 0 Å². The van der Waals surface area contributed by atoms with Crippen molar-refractivity contribution in [1.29, 1.82) is 0 Å². The SMILES string of the molecule is Cc1nn(Cc2ccc(C(=O)Nc3cccc(-c4noc(=O)[nH]4)c3)cc2)c(C)c1[N+](=O)[O-]. The fourth-order valence-electron chi connectivity index (χ4n) is 3.34. The molecule has 0 bridgehead atoms. The fourth-order valence-corrected chi connectivity index (χ4v) is 3.34. The zero-order valence-corrected chi connectivity index (χ0v) is 17.2. The fraction of sp³-hybridized carbons (Fsp3) is 0.143. The number of hydrogen-bond acceptors (Lipinski definition) is 7. The molecule has 11 heteroatoms. The molecule has 0 unspecified atom stereocenters. The lowest BCUT2D eigenvalue weighted by molar-refractivity contribution is -0.386. The van der Waals surface area contributed by atoms with E-state index < -0.39 is 10.7 Å². The number of hydrogen-bond donors (Lipinski definition) is 2. The summed E-state index contributed by atoms with van der Waals surface area (Å²) in [4.78, 5) is 36.9. The molecular formula is C21H18N6O5. The van der Waals surface area contributed by atoms with Crippen molar-refractivity contribution in [2.24, 2.45) is 0 Å². The third-order valence-corrected chi connectivity index (χ3v) is 4.91. The van der Waals surface area contributed by atoms with Gasteiger partial charge in [0.05, 0.1) is 11.5 Å². The number of rotatable bonds is 6. The number of aromatic amines is 1. The number of aryl methyl sites for hydroxylation is 1. The van der Waals surface area contributed by atoms with E-state index in [-0.39, 0.29) is 17.4 Å². The number of benzene rings is 2. The maximum Gasteiger partial charge on any atom is 0.439 e. The van der Waals surface area contributed by atoms with Crippen LogP contribution in [-0.2, 0) is 6.54 Å². The molecule has 1 amide bonds. The molecule has 0 saturated carbocycles. The van der Waals surface area contributed by atoms with Gasteiger partial charge < -0.3 is 5.32 Å². The van der Waals surface area contributed by atoms with E-state index in [1.165, 1.54) is 0 Å². The number of H-pyrrole nitrogens is 1. The first-order valence-electron chi connectivity index (χ1n) is 9.57. The first kappa shape index (κ1) is 20.7. The van der Waals surface area contributed by atoms with Gasteiger partial charge in [-0.1, -0.05) is 29.4 Å². The van der Waals surface area contributed by atoms with Gasteiger partial charge in [-0.25, -0.2) is 4.79 Å². The quantitative estimate of drug-likeness (QED) is 0.350. The Bertz CT molecular complexity index is 1370. The molecule has 4 aromatic rings. The molecule has 2 N–H and O–H groups in total. The van der Waals surface area contributed by atoms with Crippen molar-refractivity contribution in [2.75, 3.05) is 5.32 Å². The van der Waals surface area contributed by atoms with Gasteiger partial charge >= 0.3 is 11.4 Å². The van der Waals surface area contributed by atoms with Gasteiger partial charge in [-0.2, -0.15) is 5.10 Å². The van der Waals surface area contributed by atoms with Crippen LogP contribution < -0.4 is 11.1 Å². The van der Waals surface area contributed by atoms with E-state index in [0.717, 1.165) is 5.56 Å². The summed E-state index contributed by atoms with van der Waals surface area (Å²) < 4.78 is 6.07. The van der Waals surface area contributed by atoms with E-state index in [1.54, 1.807) is 67.1 Å². The van der Waals surface area contributed by atoms with Crippen LogP contribution in [0.15, 0.2) is 57.8 Å². The Labute approximate surface area is 180 Å². The zero-order valence-electron chi connectivity index (χ0n) is 17.2. The Hall–Kier alpha value is -4.54. The van der Waals surface area contributed by atoms with Crippen LogP contribution in [0.2, 0.25) is 0 Å². The summed E-state index contributed by atoms with van der Waals surface area (Å²) in [6.45, 7) is 3.60. The topological polar surface area (TPSA) is 149 Å². The molecule has 0 radical (unpaired) electrons. The predicted octanol–water partition coefficient (Wildman–Crippen LogP) is 3.05. The van der Waals surface area contributed by atoms with Crippen LogP contribution in [0.25, 0.3) is 11.4 Å². The maximum atomic E-state index is 12.6. The molecule has 0 aliphatic heterocycles. The molecule has 0 saturated heterocycles. The highest BCUT2D eigenvalue weighted by Gasteiger charge is 2.21. The molecule has 11 nitrogen and oxygen atoms in total. The van der Waals surface area contributed by atoms with Crippen LogP contribution in [0, 0.1) is 24.0 Å². The summed E-state index contributed by atoms with van der Waals surface area (Å²) in [6, 6.07) is 13.7. The van der Waals surface area contributed by atoms with Gasteiger partial charge in [0.2, 0.25) is 0 Å². The average molecular weight is 434 g/mol. The third kappa shape index (κ3) is 4.17. The van der Waals surface area contributed by atoms with Gasteiger partial charge in [0, 0.05) is 16.8 Å². The van der Waals surface area contributed by atoms with Crippen LogP contribution >= 0.6 is 0 Å². The molecule has 2 heterocycles. The number of nitro groups is 1. The predicted molar refractivity (Wildman–Crippen MR) is 114 cm³/mol. The second-order valence-electron chi connectivity index (χ2n) is 7.11. The number of carbonyl (C=O) groups is 1. The summed E-state index contributed by atoms with van der Waals surface area (Å²) in [6.07, 6.45) is 0. The van der Waals surface area contributed by atoms with Gasteiger partial charge in [0.25, 0.3) is 5.91 Å². The monoisotopic (exact) mass is 434 g/mol. The van der Waals surface area contributed by atoms with Crippen molar-refractivity contribution in [3.63, 3.8) is 0 Å². The van der Waals surface area contributed by atoms with E-state index in [9.17, 15) is 19.7 Å². The molecule has 4 rings (SSSR count). The largest absolute Gasteiger partial charge is 0.439 e. The molecule has 162 valence electrons. The van der Waals surface area contributed by atoms with Crippen molar-refractivity contribution >= 4 is 17.3 Å². The first-order chi connectivity index (χ1) is 15.3. The van der Waals surface area contributed by atoms with E-state index in [2.05, 4.69) is 25.1 Å². The van der Waals surface area contributed by atoms with Gasteiger partial charge in [-0.05, 0) is 43.7 Å². The van der Waals surface area contributed by atoms with E-state index in [1.807, 2.05) is 0 Å². The van der Waals surface area contributed by atoms with E-state index in [4.69, 9.17) is 0 Å². The first-order valence-corrected chi connectivity index (χ1v) is 9.57. The minimum atomic E-state index is -0.662. The van der Waals surface area contributed by atoms with Crippen molar-refractivity contribution in [1.82, 2.24) is 19.9 Å². The summed E-state index contributed by atoms with van der Waals surface area (Å²) in [5, 5.41) is 21.8. The van der Waals surface area contributed by atoms with Crippen LogP contribution in [0.3, 0.4) is 0 Å². The van der Waals surface area contributed by atoms with Gasteiger partial charge in [0.1, 0.15) is 11.4 Å². The number of aromatic nitrogens is 4. The normalized spacial score (nSPS) is 10.8. The lowest BCUT2D eigenvalue weighted by atomic mass is 10.1. The van der Waals surface area contributed by atoms with Crippen molar-refractivity contribution < 1.29 is 14.2 Å². The van der Waals surface area contributed by atoms with Crippen LogP contribution in [-0.4, -0.2) is 30.8 Å². The standard InChI is InChI=1S/C21H18N6O5/c1-12-18(27(30)31)13(2)26(24-12)11-14-6-8-15(9-7-14)20(28)22-17-5-3-4-16(10-17)19-23-21(29)32-25-19/h3-10H,11H2,1-2H3,(H,22,28)(H,23,25,29). The number of nitrogens with one attached hydrogen (secondary N) is 2. The van der Waals surface area contributed by atoms with Gasteiger partial charge in [-0.3, -0.25) is 29.1 Å². The molecule has 0 aliphatic rings. The molecule has 2 aromatic carbocycles. The minimum absolute atomic E-state index is 0.0120. The van der Waals surface area contributed by atoms with Crippen molar-refractivity contribution in [3.8, 4) is 11.4 Å². The van der Waals surface area contributed by atoms with Gasteiger partial charge in [0.15, 0.2) is 5.82 Å². The maximum absolute atomic E-state index is 12.6. The highest BCUT2D eigenvalue weighted by Crippen LogP contribution is 2.23. The Morgan fingerprint density at radius 2 is 1.97 bits per heavy atom. The number of nitrogens with zero attached hydrogens (tertiary/aromatic N) is 4. The smallest absolute Gasteiger partial charge is 0.322 e. The summed E-state index contributed by atoms with van der Waals surface area (Å²) >= 11 is 0. The van der Waals surface area contributed by atoms with E-state index in [0.29, 0.717) is 34.7 Å². The Morgan fingerprint density at radius 1 is 1.22 bits per heavy atom. The Morgan fingerprint density at radius 3 is 2.59 bits per heavy atom. The third-order valence-electron chi connectivity index (χ3n) is 4.91. The summed E-state index contributed by atoms with van der Waals surface area (Å²) in [5.41, 5.74) is 3.24. The molecule has 0 spiro atoms. The summed E-state index contributed by atoms with van der Waals surface area (Å²) in [5.74, 6) is -0.714. The van der Waals surface area contributed by atoms with Crippen LogP contribution in [0.1, 0.15) is 27.3 Å². The molecular weight excluding hydrogens is 416 g/mol. The van der Waals surface area contributed by atoms with Crippen LogP contribution in [0.5, 0.6) is 0 Å². The van der Waals surface area contributed by atoms with Crippen molar-refractivity contribution in [3.05, 3.63) is 91.7 Å². The zero-order chi connectivity index (χ0) is 22.8. The van der Waals surface area contributed by atoms with Gasteiger partial charge in [-0.15, -0.1) is 0 Å². The molecule has 32 heavy (non-hydrogen) atoms. The molecule has 0 aliphatic carbocycles. The minimum Gasteiger partial charge on any atom is -0.322 e. The number of carbonyl (C=O) groups excluding carboxylic acids is 1. The second-order valence-corrected chi connectivity index (χ2v) is 7.11. The highest BCUT2D eigenvalue weighted by atomic mass is 16.6. The lowest BCUT2D eigenvalue weighted by Crippen LogP contribution is -2.12. The number of anilines is 1. The lowest BCUT2D eigenvalue weighted by Gasteiger charge is -2.08.